The van der Waals surface area contributed by atoms with Crippen LogP contribution in [0.3, 0.4) is 0 Å². The zero-order valence-electron chi connectivity index (χ0n) is 18.3. The lowest BCUT2D eigenvalue weighted by molar-refractivity contribution is 0.0940. The molecule has 1 amide bonds. The van der Waals surface area contributed by atoms with Crippen LogP contribution in [-0.4, -0.2) is 30.1 Å². The summed E-state index contributed by atoms with van der Waals surface area (Å²) in [6.45, 7) is 0.536. The summed E-state index contributed by atoms with van der Waals surface area (Å²) >= 11 is 0. The van der Waals surface area contributed by atoms with Crippen LogP contribution in [0.4, 0.5) is 0 Å². The second-order valence-corrected chi connectivity index (χ2v) is 7.24. The van der Waals surface area contributed by atoms with Gasteiger partial charge in [-0.3, -0.25) is 9.59 Å². The number of carbonyl (C=O) groups is 1. The van der Waals surface area contributed by atoms with Crippen molar-refractivity contribution in [3.63, 3.8) is 0 Å². The van der Waals surface area contributed by atoms with Crippen LogP contribution in [0.5, 0.6) is 17.2 Å². The van der Waals surface area contributed by atoms with E-state index in [1.807, 2.05) is 48.5 Å². The first-order valence-electron chi connectivity index (χ1n) is 10.3. The first-order chi connectivity index (χ1) is 16.1. The number of benzene rings is 3. The summed E-state index contributed by atoms with van der Waals surface area (Å²) in [5, 5.41) is 3.05. The second kappa shape index (κ2) is 9.86. The number of amides is 1. The maximum atomic E-state index is 12.8. The second-order valence-electron chi connectivity index (χ2n) is 7.24. The zero-order chi connectivity index (χ0) is 23.2. The monoisotopic (exact) mass is 445 g/mol. The van der Waals surface area contributed by atoms with E-state index in [-0.39, 0.29) is 24.4 Å². The molecule has 0 aliphatic carbocycles. The lowest BCUT2D eigenvalue weighted by Gasteiger charge is -2.10. The summed E-state index contributed by atoms with van der Waals surface area (Å²) < 4.78 is 16.2. The van der Waals surface area contributed by atoms with Crippen molar-refractivity contribution in [1.82, 2.24) is 15.3 Å². The molecule has 0 aliphatic heterocycles. The number of hydrogen-bond acceptors (Lipinski definition) is 6. The normalized spacial score (nSPS) is 10.6. The fraction of sp³-hybridized carbons (Fsp3) is 0.160. The predicted molar refractivity (Wildman–Crippen MR) is 124 cm³/mol. The summed E-state index contributed by atoms with van der Waals surface area (Å²) in [4.78, 5) is 32.3. The van der Waals surface area contributed by atoms with Crippen molar-refractivity contribution in [3.05, 3.63) is 94.0 Å². The van der Waals surface area contributed by atoms with Crippen LogP contribution in [0.1, 0.15) is 21.7 Å². The number of ether oxygens (including phenoxy) is 3. The fourth-order valence-electron chi connectivity index (χ4n) is 3.32. The molecule has 0 bridgehead atoms. The number of methoxy groups -OCH3 is 2. The van der Waals surface area contributed by atoms with Crippen LogP contribution in [0, 0.1) is 0 Å². The number of H-pyrrole nitrogens is 1. The van der Waals surface area contributed by atoms with Gasteiger partial charge < -0.3 is 24.5 Å². The topological polar surface area (TPSA) is 103 Å². The highest BCUT2D eigenvalue weighted by molar-refractivity contribution is 5.93. The van der Waals surface area contributed by atoms with Crippen molar-refractivity contribution >= 4 is 16.8 Å². The average molecular weight is 445 g/mol. The molecule has 0 unspecified atom stereocenters. The first-order valence-corrected chi connectivity index (χ1v) is 10.3. The molecule has 8 nitrogen and oxygen atoms in total. The fourth-order valence-corrected chi connectivity index (χ4v) is 3.32. The summed E-state index contributed by atoms with van der Waals surface area (Å²) in [6, 6.07) is 19.9. The number of fused-ring (bicyclic) bond motifs is 1. The first kappa shape index (κ1) is 21.9. The van der Waals surface area contributed by atoms with E-state index in [1.54, 1.807) is 32.4 Å². The molecule has 0 saturated heterocycles. The van der Waals surface area contributed by atoms with Crippen LogP contribution in [0.15, 0.2) is 71.5 Å². The number of nitrogens with one attached hydrogen (secondary N) is 2. The Kier molecular flexibility index (Phi) is 6.54. The number of hydrogen-bond donors (Lipinski definition) is 2. The summed E-state index contributed by atoms with van der Waals surface area (Å²) in [5.41, 5.74) is 1.71. The molecule has 0 aliphatic rings. The standard InChI is InChI=1S/C25H23N3O5/c1-31-18-11-9-16(10-12-18)15-33-21-8-4-7-20-22(21)24(29)28-23(27-20)25(30)26-14-17-5-3-6-19(13-17)32-2/h3-13H,14-15H2,1-2H3,(H,26,30)(H,27,28,29). The molecule has 0 fully saturated rings. The molecule has 8 heteroatoms. The van der Waals surface area contributed by atoms with Gasteiger partial charge >= 0.3 is 0 Å². The molecule has 1 aromatic heterocycles. The van der Waals surface area contributed by atoms with Gasteiger partial charge in [-0.05, 0) is 47.5 Å². The Bertz CT molecular complexity index is 1330. The number of rotatable bonds is 8. The molecule has 168 valence electrons. The van der Waals surface area contributed by atoms with Gasteiger partial charge in [0, 0.05) is 6.54 Å². The third-order valence-corrected chi connectivity index (χ3v) is 5.05. The van der Waals surface area contributed by atoms with Crippen molar-refractivity contribution < 1.29 is 19.0 Å². The van der Waals surface area contributed by atoms with E-state index in [1.165, 1.54) is 0 Å². The molecule has 2 N–H and O–H groups in total. The third-order valence-electron chi connectivity index (χ3n) is 5.05. The van der Waals surface area contributed by atoms with Crippen LogP contribution in [0.2, 0.25) is 0 Å². The summed E-state index contributed by atoms with van der Waals surface area (Å²) in [6.07, 6.45) is 0. The van der Waals surface area contributed by atoms with Crippen molar-refractivity contribution in [2.75, 3.05) is 14.2 Å². The molecule has 0 saturated carbocycles. The Morgan fingerprint density at radius 1 is 0.939 bits per heavy atom. The van der Waals surface area contributed by atoms with Crippen LogP contribution < -0.4 is 25.1 Å². The lowest BCUT2D eigenvalue weighted by Crippen LogP contribution is -2.27. The molecule has 33 heavy (non-hydrogen) atoms. The quantitative estimate of drug-likeness (QED) is 0.431. The van der Waals surface area contributed by atoms with Gasteiger partial charge in [0.1, 0.15) is 29.2 Å². The number of nitrogens with zero attached hydrogens (tertiary/aromatic N) is 1. The lowest BCUT2D eigenvalue weighted by atomic mass is 10.2. The molecular formula is C25H23N3O5. The van der Waals surface area contributed by atoms with Gasteiger partial charge in [-0.15, -0.1) is 0 Å². The predicted octanol–water partition coefficient (Wildman–Crippen LogP) is 3.45. The Hall–Kier alpha value is -4.33. The third kappa shape index (κ3) is 5.12. The van der Waals surface area contributed by atoms with Gasteiger partial charge in [-0.1, -0.05) is 30.3 Å². The highest BCUT2D eigenvalue weighted by Gasteiger charge is 2.14. The Labute approximate surface area is 190 Å². The van der Waals surface area contributed by atoms with Crippen LogP contribution in [-0.2, 0) is 13.2 Å². The minimum atomic E-state index is -0.485. The Balaban J connectivity index is 1.50. The van der Waals surface area contributed by atoms with Crippen molar-refractivity contribution in [3.8, 4) is 17.2 Å². The highest BCUT2D eigenvalue weighted by atomic mass is 16.5. The van der Waals surface area contributed by atoms with Crippen molar-refractivity contribution in [2.24, 2.45) is 0 Å². The van der Waals surface area contributed by atoms with E-state index in [0.717, 1.165) is 16.9 Å². The molecule has 0 radical (unpaired) electrons. The minimum absolute atomic E-state index is 0.0669. The van der Waals surface area contributed by atoms with E-state index < -0.39 is 11.5 Å². The number of carbonyl (C=O) groups excluding carboxylic acids is 1. The number of aromatic nitrogens is 2. The highest BCUT2D eigenvalue weighted by Crippen LogP contribution is 2.22. The van der Waals surface area contributed by atoms with E-state index in [4.69, 9.17) is 14.2 Å². The van der Waals surface area contributed by atoms with Crippen LogP contribution >= 0.6 is 0 Å². The zero-order valence-corrected chi connectivity index (χ0v) is 18.3. The van der Waals surface area contributed by atoms with Crippen LogP contribution in [0.25, 0.3) is 10.9 Å². The largest absolute Gasteiger partial charge is 0.497 e. The summed E-state index contributed by atoms with van der Waals surface area (Å²) in [7, 11) is 3.19. The SMILES string of the molecule is COc1ccc(COc2cccc3nc(C(=O)NCc4cccc(OC)c4)[nH]c(=O)c23)cc1. The molecular weight excluding hydrogens is 422 g/mol. The molecule has 4 aromatic rings. The van der Waals surface area contributed by atoms with Gasteiger partial charge in [-0.25, -0.2) is 4.98 Å². The molecule has 0 atom stereocenters. The maximum Gasteiger partial charge on any atom is 0.287 e. The van der Waals surface area contributed by atoms with Gasteiger partial charge in [0.2, 0.25) is 0 Å². The summed E-state index contributed by atoms with van der Waals surface area (Å²) in [5.74, 6) is 1.28. The molecule has 4 rings (SSSR count). The molecule has 0 spiro atoms. The maximum absolute atomic E-state index is 12.8. The van der Waals surface area contributed by atoms with Crippen molar-refractivity contribution in [2.45, 2.75) is 13.2 Å². The van der Waals surface area contributed by atoms with Gasteiger partial charge in [0.05, 0.1) is 19.7 Å². The number of aromatic amines is 1. The Morgan fingerprint density at radius 2 is 1.70 bits per heavy atom. The van der Waals surface area contributed by atoms with Gasteiger partial charge in [0.25, 0.3) is 11.5 Å². The van der Waals surface area contributed by atoms with E-state index >= 15 is 0 Å². The van der Waals surface area contributed by atoms with E-state index in [9.17, 15) is 9.59 Å². The molecule has 3 aromatic carbocycles. The van der Waals surface area contributed by atoms with Gasteiger partial charge in [0.15, 0.2) is 5.82 Å². The Morgan fingerprint density at radius 3 is 2.45 bits per heavy atom. The molecule has 1 heterocycles. The van der Waals surface area contributed by atoms with Crippen molar-refractivity contribution in [1.29, 1.82) is 0 Å². The average Bonchev–Trinajstić information content (AvgIpc) is 2.86. The smallest absolute Gasteiger partial charge is 0.287 e. The van der Waals surface area contributed by atoms with E-state index in [2.05, 4.69) is 15.3 Å². The van der Waals surface area contributed by atoms with E-state index in [0.29, 0.717) is 17.0 Å². The minimum Gasteiger partial charge on any atom is -0.497 e. The van der Waals surface area contributed by atoms with Gasteiger partial charge in [-0.2, -0.15) is 0 Å².